The second kappa shape index (κ2) is 8.58. The van der Waals surface area contributed by atoms with Gasteiger partial charge in [-0.15, -0.1) is 0 Å². The van der Waals surface area contributed by atoms with Crippen LogP contribution < -0.4 is 14.2 Å². The second-order valence-electron chi connectivity index (χ2n) is 6.65. The van der Waals surface area contributed by atoms with E-state index in [9.17, 15) is 0 Å². The third kappa shape index (κ3) is 4.08. The topological polar surface area (TPSA) is 27.7 Å². The fraction of sp³-hybridized carbons (Fsp3) is 0.120. The Morgan fingerprint density at radius 2 is 1.48 bits per heavy atom. The molecule has 0 aliphatic carbocycles. The van der Waals surface area contributed by atoms with Crippen LogP contribution in [0.2, 0.25) is 0 Å². The van der Waals surface area contributed by atoms with Crippen LogP contribution in [-0.4, -0.2) is 14.2 Å². The third-order valence-corrected chi connectivity index (χ3v) is 5.57. The van der Waals surface area contributed by atoms with Crippen molar-refractivity contribution < 1.29 is 14.2 Å². The molecule has 146 valence electrons. The highest BCUT2D eigenvalue weighted by molar-refractivity contribution is 9.10. The predicted molar refractivity (Wildman–Crippen MR) is 121 cm³/mol. The number of benzene rings is 4. The van der Waals surface area contributed by atoms with Crippen LogP contribution in [0.15, 0.2) is 83.3 Å². The molecule has 29 heavy (non-hydrogen) atoms. The van der Waals surface area contributed by atoms with E-state index >= 15 is 0 Å². The summed E-state index contributed by atoms with van der Waals surface area (Å²) in [6.45, 7) is 0.514. The quantitative estimate of drug-likeness (QED) is 0.322. The molecule has 0 N–H and O–H groups in total. The lowest BCUT2D eigenvalue weighted by Crippen LogP contribution is -1.97. The van der Waals surface area contributed by atoms with Gasteiger partial charge in [-0.05, 0) is 47.5 Å². The van der Waals surface area contributed by atoms with Crippen molar-refractivity contribution in [3.8, 4) is 28.4 Å². The van der Waals surface area contributed by atoms with Gasteiger partial charge in [0.15, 0.2) is 0 Å². The molecular weight excluding hydrogens is 428 g/mol. The minimum atomic E-state index is 0.514. The van der Waals surface area contributed by atoms with Crippen molar-refractivity contribution in [1.82, 2.24) is 0 Å². The molecule has 0 saturated heterocycles. The van der Waals surface area contributed by atoms with Gasteiger partial charge >= 0.3 is 0 Å². The summed E-state index contributed by atoms with van der Waals surface area (Å²) < 4.78 is 18.1. The molecule has 4 heteroatoms. The molecule has 4 rings (SSSR count). The Kier molecular flexibility index (Phi) is 5.72. The summed E-state index contributed by atoms with van der Waals surface area (Å²) in [7, 11) is 3.36. The maximum atomic E-state index is 6.14. The van der Waals surface area contributed by atoms with Gasteiger partial charge in [0.25, 0.3) is 0 Å². The molecule has 0 amide bonds. The van der Waals surface area contributed by atoms with Gasteiger partial charge in [-0.25, -0.2) is 0 Å². The highest BCUT2D eigenvalue weighted by Gasteiger charge is 2.13. The van der Waals surface area contributed by atoms with E-state index in [4.69, 9.17) is 14.2 Å². The number of methoxy groups -OCH3 is 2. The molecule has 0 spiro atoms. The summed E-state index contributed by atoms with van der Waals surface area (Å²) in [5.41, 5.74) is 3.21. The molecule has 4 aromatic carbocycles. The minimum absolute atomic E-state index is 0.514. The Balaban J connectivity index is 1.77. The van der Waals surface area contributed by atoms with Crippen LogP contribution in [0.3, 0.4) is 0 Å². The van der Waals surface area contributed by atoms with Crippen molar-refractivity contribution in [2.75, 3.05) is 14.2 Å². The van der Waals surface area contributed by atoms with Gasteiger partial charge in [0, 0.05) is 20.8 Å². The molecular formula is C25H21BrO3. The smallest absolute Gasteiger partial charge is 0.127 e. The van der Waals surface area contributed by atoms with Gasteiger partial charge in [-0.1, -0.05) is 58.4 Å². The normalized spacial score (nSPS) is 10.7. The molecule has 0 aromatic heterocycles. The van der Waals surface area contributed by atoms with Gasteiger partial charge in [0.1, 0.15) is 23.9 Å². The molecule has 0 heterocycles. The summed E-state index contributed by atoms with van der Waals surface area (Å²) >= 11 is 3.69. The van der Waals surface area contributed by atoms with E-state index in [1.807, 2.05) is 60.7 Å². The summed E-state index contributed by atoms with van der Waals surface area (Å²) in [5, 5.41) is 2.08. The fourth-order valence-electron chi connectivity index (χ4n) is 3.34. The zero-order chi connectivity index (χ0) is 20.2. The molecule has 0 aliphatic heterocycles. The first kappa shape index (κ1) is 19.3. The maximum absolute atomic E-state index is 6.14. The van der Waals surface area contributed by atoms with E-state index < -0.39 is 0 Å². The van der Waals surface area contributed by atoms with Crippen molar-refractivity contribution in [3.63, 3.8) is 0 Å². The number of halogens is 1. The van der Waals surface area contributed by atoms with E-state index in [0.29, 0.717) is 6.61 Å². The first-order chi connectivity index (χ1) is 14.2. The monoisotopic (exact) mass is 448 g/mol. The summed E-state index contributed by atoms with van der Waals surface area (Å²) in [5.74, 6) is 2.45. The van der Waals surface area contributed by atoms with Crippen LogP contribution in [0.1, 0.15) is 5.56 Å². The molecule has 0 unspecified atom stereocenters. The highest BCUT2D eigenvalue weighted by Crippen LogP contribution is 2.40. The minimum Gasteiger partial charge on any atom is -0.497 e. The number of hydrogen-bond donors (Lipinski definition) is 0. The molecule has 0 aliphatic rings. The lowest BCUT2D eigenvalue weighted by atomic mass is 9.99. The first-order valence-corrected chi connectivity index (χ1v) is 10.1. The Hall–Kier alpha value is -2.98. The first-order valence-electron chi connectivity index (χ1n) is 9.31. The molecule has 0 bridgehead atoms. The Morgan fingerprint density at radius 1 is 0.724 bits per heavy atom. The largest absolute Gasteiger partial charge is 0.497 e. The number of fused-ring (bicyclic) bond motifs is 1. The van der Waals surface area contributed by atoms with E-state index in [-0.39, 0.29) is 0 Å². The SMILES string of the molecule is COc1ccc(-c2cc3c(Br)ccc(OCc4ccccc4)c3cc2OC)cc1. The van der Waals surface area contributed by atoms with Crippen molar-refractivity contribution in [2.24, 2.45) is 0 Å². The molecule has 0 saturated carbocycles. The fourth-order valence-corrected chi connectivity index (χ4v) is 3.80. The van der Waals surface area contributed by atoms with Crippen LogP contribution in [0.5, 0.6) is 17.2 Å². The van der Waals surface area contributed by atoms with Crippen LogP contribution in [0, 0.1) is 0 Å². The molecule has 4 aromatic rings. The van der Waals surface area contributed by atoms with Gasteiger partial charge in [-0.2, -0.15) is 0 Å². The van der Waals surface area contributed by atoms with E-state index in [1.165, 1.54) is 0 Å². The van der Waals surface area contributed by atoms with E-state index in [2.05, 4.69) is 34.1 Å². The standard InChI is InChI=1S/C25H21BrO3/c1-27-19-10-8-18(9-11-19)20-14-21-22(15-25(20)28-2)24(13-12-23(21)26)29-16-17-6-4-3-5-7-17/h3-15H,16H2,1-2H3. The van der Waals surface area contributed by atoms with Gasteiger partial charge in [0.05, 0.1) is 14.2 Å². The lowest BCUT2D eigenvalue weighted by molar-refractivity contribution is 0.310. The van der Waals surface area contributed by atoms with Crippen molar-refractivity contribution in [1.29, 1.82) is 0 Å². The van der Waals surface area contributed by atoms with Crippen LogP contribution in [0.25, 0.3) is 21.9 Å². The third-order valence-electron chi connectivity index (χ3n) is 4.88. The van der Waals surface area contributed by atoms with E-state index in [0.717, 1.165) is 49.2 Å². The zero-order valence-electron chi connectivity index (χ0n) is 16.3. The zero-order valence-corrected chi connectivity index (χ0v) is 17.9. The highest BCUT2D eigenvalue weighted by atomic mass is 79.9. The molecule has 0 radical (unpaired) electrons. The lowest BCUT2D eigenvalue weighted by Gasteiger charge is -2.15. The maximum Gasteiger partial charge on any atom is 0.127 e. The summed E-state index contributed by atoms with van der Waals surface area (Å²) in [6, 6.07) is 26.3. The van der Waals surface area contributed by atoms with Crippen molar-refractivity contribution in [2.45, 2.75) is 6.61 Å². The van der Waals surface area contributed by atoms with Gasteiger partial charge in [0.2, 0.25) is 0 Å². The molecule has 3 nitrogen and oxygen atoms in total. The Labute approximate surface area is 179 Å². The average molecular weight is 449 g/mol. The number of ether oxygens (including phenoxy) is 3. The molecule has 0 fully saturated rings. The predicted octanol–water partition coefficient (Wildman–Crippen LogP) is 6.87. The van der Waals surface area contributed by atoms with Crippen molar-refractivity contribution >= 4 is 26.7 Å². The van der Waals surface area contributed by atoms with Crippen LogP contribution in [0.4, 0.5) is 0 Å². The number of hydrogen-bond acceptors (Lipinski definition) is 3. The van der Waals surface area contributed by atoms with Crippen LogP contribution >= 0.6 is 15.9 Å². The van der Waals surface area contributed by atoms with E-state index in [1.54, 1.807) is 14.2 Å². The molecule has 0 atom stereocenters. The Morgan fingerprint density at radius 3 is 2.17 bits per heavy atom. The van der Waals surface area contributed by atoms with Gasteiger partial charge < -0.3 is 14.2 Å². The number of rotatable bonds is 6. The van der Waals surface area contributed by atoms with Crippen molar-refractivity contribution in [3.05, 3.63) is 88.9 Å². The Bertz CT molecular complexity index is 1120. The average Bonchev–Trinajstić information content (AvgIpc) is 2.78. The summed E-state index contributed by atoms with van der Waals surface area (Å²) in [6.07, 6.45) is 0. The summed E-state index contributed by atoms with van der Waals surface area (Å²) in [4.78, 5) is 0. The van der Waals surface area contributed by atoms with Gasteiger partial charge in [-0.3, -0.25) is 0 Å². The second-order valence-corrected chi connectivity index (χ2v) is 7.50. The van der Waals surface area contributed by atoms with Crippen LogP contribution in [-0.2, 0) is 6.61 Å².